The molecule has 1 aromatic carbocycles. The minimum absolute atomic E-state index is 0.0409. The van der Waals surface area contributed by atoms with Crippen LogP contribution in [0.3, 0.4) is 0 Å². The number of aromatic amines is 2. The summed E-state index contributed by atoms with van der Waals surface area (Å²) in [4.78, 5) is 25.3. The summed E-state index contributed by atoms with van der Waals surface area (Å²) in [5, 5.41) is 14.7. The van der Waals surface area contributed by atoms with E-state index in [0.29, 0.717) is 12.1 Å². The van der Waals surface area contributed by atoms with E-state index in [0.717, 1.165) is 50.0 Å². The quantitative estimate of drug-likeness (QED) is 0.281. The summed E-state index contributed by atoms with van der Waals surface area (Å²) in [6, 6.07) is 16.4. The van der Waals surface area contributed by atoms with Gasteiger partial charge in [0.1, 0.15) is 11.3 Å². The van der Waals surface area contributed by atoms with Crippen molar-refractivity contribution in [2.45, 2.75) is 13.3 Å². The molecule has 0 spiro atoms. The summed E-state index contributed by atoms with van der Waals surface area (Å²) in [6.45, 7) is 1.82. The van der Waals surface area contributed by atoms with Crippen LogP contribution in [0.15, 0.2) is 72.5 Å². The Morgan fingerprint density at radius 1 is 1.06 bits per heavy atom. The van der Waals surface area contributed by atoms with E-state index in [9.17, 15) is 4.79 Å². The van der Waals surface area contributed by atoms with Crippen LogP contribution in [-0.4, -0.2) is 31.1 Å². The molecular formula is C26H20N6OS. The van der Waals surface area contributed by atoms with Gasteiger partial charge in [0.2, 0.25) is 5.91 Å². The van der Waals surface area contributed by atoms with Gasteiger partial charge in [0.25, 0.3) is 0 Å². The minimum atomic E-state index is -0.0409. The topological polar surface area (TPSA) is 99.3 Å². The number of thiophene rings is 1. The predicted molar refractivity (Wildman–Crippen MR) is 137 cm³/mol. The van der Waals surface area contributed by atoms with Crippen LogP contribution in [0.4, 0.5) is 5.69 Å². The van der Waals surface area contributed by atoms with Gasteiger partial charge in [-0.05, 0) is 47.3 Å². The highest BCUT2D eigenvalue weighted by atomic mass is 32.1. The average Bonchev–Trinajstić information content (AvgIpc) is 3.62. The first kappa shape index (κ1) is 20.3. The molecule has 1 amide bonds. The summed E-state index contributed by atoms with van der Waals surface area (Å²) in [6.07, 6.45) is 5.70. The Hall–Kier alpha value is -4.30. The molecule has 8 heteroatoms. The number of anilines is 1. The monoisotopic (exact) mass is 464 g/mol. The third-order valence-corrected chi connectivity index (χ3v) is 6.72. The molecule has 3 N–H and O–H groups in total. The number of H-pyrrole nitrogens is 2. The van der Waals surface area contributed by atoms with Crippen molar-refractivity contribution in [3.63, 3.8) is 0 Å². The Labute approximate surface area is 198 Å². The number of nitrogens with zero attached hydrogens (tertiary/aromatic N) is 3. The molecule has 6 rings (SSSR count). The minimum Gasteiger partial charge on any atom is -0.338 e. The van der Waals surface area contributed by atoms with Gasteiger partial charge in [-0.2, -0.15) is 5.10 Å². The maximum absolute atomic E-state index is 11.8. The third kappa shape index (κ3) is 3.54. The first-order valence-electron chi connectivity index (χ1n) is 10.9. The Morgan fingerprint density at radius 3 is 2.85 bits per heavy atom. The molecule has 0 aliphatic heterocycles. The number of aromatic nitrogens is 5. The van der Waals surface area contributed by atoms with Crippen molar-refractivity contribution in [1.29, 1.82) is 0 Å². The van der Waals surface area contributed by atoms with Crippen LogP contribution in [0.25, 0.3) is 54.9 Å². The number of amides is 1. The average molecular weight is 465 g/mol. The fourth-order valence-electron chi connectivity index (χ4n) is 4.12. The molecule has 0 atom stereocenters. The summed E-state index contributed by atoms with van der Waals surface area (Å²) in [5.41, 5.74) is 7.24. The van der Waals surface area contributed by atoms with Crippen molar-refractivity contribution in [2.24, 2.45) is 0 Å². The van der Waals surface area contributed by atoms with Crippen LogP contribution in [0.2, 0.25) is 0 Å². The lowest BCUT2D eigenvalue weighted by Gasteiger charge is -2.06. The number of nitrogens with one attached hydrogen (secondary N) is 3. The number of carbonyl (C=O) groups excluding carboxylic acids is 1. The number of benzene rings is 1. The number of pyridine rings is 2. The zero-order chi connectivity index (χ0) is 23.1. The van der Waals surface area contributed by atoms with Gasteiger partial charge in [-0.1, -0.05) is 19.1 Å². The van der Waals surface area contributed by atoms with Gasteiger partial charge in [0, 0.05) is 45.6 Å². The van der Waals surface area contributed by atoms with E-state index in [-0.39, 0.29) is 5.91 Å². The molecule has 166 valence electrons. The largest absolute Gasteiger partial charge is 0.338 e. The van der Waals surface area contributed by atoms with Crippen LogP contribution in [0.5, 0.6) is 0 Å². The molecule has 6 aromatic rings. The van der Waals surface area contributed by atoms with E-state index in [4.69, 9.17) is 0 Å². The number of hydrogen-bond acceptors (Lipinski definition) is 5. The lowest BCUT2D eigenvalue weighted by Crippen LogP contribution is -2.09. The van der Waals surface area contributed by atoms with Gasteiger partial charge in [0.15, 0.2) is 0 Å². The number of hydrogen-bond donors (Lipinski definition) is 3. The van der Waals surface area contributed by atoms with Crippen LogP contribution in [0.1, 0.15) is 13.3 Å². The van der Waals surface area contributed by atoms with Crippen molar-refractivity contribution in [1.82, 2.24) is 25.1 Å². The lowest BCUT2D eigenvalue weighted by atomic mass is 10.0. The molecule has 34 heavy (non-hydrogen) atoms. The fraction of sp³-hybridized carbons (Fsp3) is 0.0769. The number of fused-ring (bicyclic) bond motifs is 2. The van der Waals surface area contributed by atoms with Crippen molar-refractivity contribution >= 4 is 44.9 Å². The summed E-state index contributed by atoms with van der Waals surface area (Å²) in [5.74, 6) is -0.0409. The molecule has 0 aliphatic rings. The van der Waals surface area contributed by atoms with E-state index in [1.807, 2.05) is 37.4 Å². The highest BCUT2D eigenvalue weighted by Gasteiger charge is 2.15. The first-order valence-corrected chi connectivity index (χ1v) is 11.8. The number of rotatable bonds is 5. The van der Waals surface area contributed by atoms with Gasteiger partial charge >= 0.3 is 0 Å². The molecule has 0 fully saturated rings. The van der Waals surface area contributed by atoms with Crippen LogP contribution in [0, 0.1) is 0 Å². The lowest BCUT2D eigenvalue weighted by molar-refractivity contribution is -0.115. The molecule has 5 heterocycles. The van der Waals surface area contributed by atoms with E-state index >= 15 is 0 Å². The zero-order valence-corrected chi connectivity index (χ0v) is 19.1. The Morgan fingerprint density at radius 2 is 2.00 bits per heavy atom. The van der Waals surface area contributed by atoms with E-state index in [2.05, 4.69) is 60.1 Å². The van der Waals surface area contributed by atoms with Crippen LogP contribution in [-0.2, 0) is 4.79 Å². The molecular weight excluding hydrogens is 444 g/mol. The molecule has 0 saturated carbocycles. The van der Waals surface area contributed by atoms with E-state index < -0.39 is 0 Å². The summed E-state index contributed by atoms with van der Waals surface area (Å²) >= 11 is 1.71. The van der Waals surface area contributed by atoms with Crippen molar-refractivity contribution in [3.05, 3.63) is 72.5 Å². The maximum atomic E-state index is 11.8. The Bertz CT molecular complexity index is 1650. The standard InChI is InChI=1S/C26H20N6OS/c1-2-24(33)29-17-10-16(13-27-14-17)15-5-6-21-20(11-15)25(32-31-21)22-12-19-18(23-4-3-9-34-23)7-8-28-26(19)30-22/h3-14H,2H2,1H3,(H,28,30)(H,29,33)(H,31,32). The maximum Gasteiger partial charge on any atom is 0.224 e. The van der Waals surface area contributed by atoms with Gasteiger partial charge in [-0.15, -0.1) is 11.3 Å². The molecule has 0 bridgehead atoms. The summed E-state index contributed by atoms with van der Waals surface area (Å²) in [7, 11) is 0. The molecule has 5 aromatic heterocycles. The van der Waals surface area contributed by atoms with Gasteiger partial charge in [-0.25, -0.2) is 4.98 Å². The SMILES string of the molecule is CCC(=O)Nc1cncc(-c2ccc3[nH]nc(-c4cc5c(-c6cccs6)ccnc5[nH]4)c3c2)c1. The predicted octanol–water partition coefficient (Wildman–Crippen LogP) is 6.25. The third-order valence-electron chi connectivity index (χ3n) is 5.81. The molecule has 0 radical (unpaired) electrons. The highest BCUT2D eigenvalue weighted by Crippen LogP contribution is 2.36. The van der Waals surface area contributed by atoms with Crippen LogP contribution >= 0.6 is 11.3 Å². The first-order chi connectivity index (χ1) is 16.7. The van der Waals surface area contributed by atoms with Crippen molar-refractivity contribution in [3.8, 4) is 33.0 Å². The van der Waals surface area contributed by atoms with Gasteiger partial charge in [0.05, 0.1) is 23.1 Å². The smallest absolute Gasteiger partial charge is 0.224 e. The number of carbonyl (C=O) groups is 1. The molecule has 0 aliphatic carbocycles. The zero-order valence-electron chi connectivity index (χ0n) is 18.3. The normalized spacial score (nSPS) is 11.3. The fourth-order valence-corrected chi connectivity index (χ4v) is 4.88. The molecule has 0 saturated heterocycles. The van der Waals surface area contributed by atoms with Crippen molar-refractivity contribution < 1.29 is 4.79 Å². The van der Waals surface area contributed by atoms with Gasteiger partial charge < -0.3 is 10.3 Å². The second kappa shape index (κ2) is 8.24. The van der Waals surface area contributed by atoms with Crippen LogP contribution < -0.4 is 5.32 Å². The van der Waals surface area contributed by atoms with Crippen molar-refractivity contribution in [2.75, 3.05) is 5.32 Å². The second-order valence-electron chi connectivity index (χ2n) is 7.98. The highest BCUT2D eigenvalue weighted by molar-refractivity contribution is 7.13. The molecule has 0 unspecified atom stereocenters. The van der Waals surface area contributed by atoms with E-state index in [1.165, 1.54) is 4.88 Å². The molecule has 7 nitrogen and oxygen atoms in total. The van der Waals surface area contributed by atoms with Gasteiger partial charge in [-0.3, -0.25) is 14.9 Å². The Balaban J connectivity index is 1.43. The Kier molecular flexibility index (Phi) is 4.92. The second-order valence-corrected chi connectivity index (χ2v) is 8.93. The van der Waals surface area contributed by atoms with E-state index in [1.54, 1.807) is 23.7 Å². The summed E-state index contributed by atoms with van der Waals surface area (Å²) < 4.78 is 0.